The van der Waals surface area contributed by atoms with E-state index in [1.165, 1.54) is 11.1 Å². The van der Waals surface area contributed by atoms with Gasteiger partial charge in [-0.2, -0.15) is 0 Å². The Morgan fingerprint density at radius 2 is 1.67 bits per heavy atom. The largest absolute Gasteiger partial charge is 0.508 e. The molecular formula is C15H15NO2. The summed E-state index contributed by atoms with van der Waals surface area (Å²) in [6.45, 7) is 0. The van der Waals surface area contributed by atoms with E-state index in [0.717, 1.165) is 18.5 Å². The summed E-state index contributed by atoms with van der Waals surface area (Å²) in [6, 6.07) is 12.9. The average Bonchev–Trinajstić information content (AvgIpc) is 2.74. The molecule has 3 nitrogen and oxygen atoms in total. The highest BCUT2D eigenvalue weighted by Crippen LogP contribution is 2.35. The van der Waals surface area contributed by atoms with E-state index in [1.54, 1.807) is 18.2 Å². The fraction of sp³-hybridized carbons (Fsp3) is 0.200. The van der Waals surface area contributed by atoms with Crippen molar-refractivity contribution in [3.63, 3.8) is 0 Å². The summed E-state index contributed by atoms with van der Waals surface area (Å²) < 4.78 is 0. The molecule has 1 aliphatic rings. The van der Waals surface area contributed by atoms with Gasteiger partial charge in [-0.25, -0.2) is 0 Å². The van der Waals surface area contributed by atoms with Crippen LogP contribution < -0.4 is 5.32 Å². The van der Waals surface area contributed by atoms with E-state index in [0.29, 0.717) is 5.75 Å². The molecule has 2 aromatic carbocycles. The van der Waals surface area contributed by atoms with Crippen LogP contribution in [0.1, 0.15) is 23.6 Å². The van der Waals surface area contributed by atoms with Crippen molar-refractivity contribution in [2.24, 2.45) is 0 Å². The molecule has 92 valence electrons. The summed E-state index contributed by atoms with van der Waals surface area (Å²) in [4.78, 5) is 0. The van der Waals surface area contributed by atoms with Crippen LogP contribution in [0.3, 0.4) is 0 Å². The first-order valence-electron chi connectivity index (χ1n) is 6.10. The zero-order valence-electron chi connectivity index (χ0n) is 9.93. The molecule has 0 saturated heterocycles. The van der Waals surface area contributed by atoms with Gasteiger partial charge in [0.25, 0.3) is 0 Å². The molecule has 1 atom stereocenters. The second-order valence-electron chi connectivity index (χ2n) is 4.67. The van der Waals surface area contributed by atoms with Gasteiger partial charge < -0.3 is 15.5 Å². The van der Waals surface area contributed by atoms with Gasteiger partial charge in [0, 0.05) is 5.69 Å². The van der Waals surface area contributed by atoms with Crippen LogP contribution >= 0.6 is 0 Å². The minimum Gasteiger partial charge on any atom is -0.508 e. The minimum atomic E-state index is 0.275. The van der Waals surface area contributed by atoms with Crippen molar-refractivity contribution in [2.75, 3.05) is 5.32 Å². The summed E-state index contributed by atoms with van der Waals surface area (Å²) in [6.07, 6.45) is 2.01. The first-order chi connectivity index (χ1) is 8.72. The number of nitrogens with one attached hydrogen (secondary N) is 1. The number of phenols is 2. The Bertz CT molecular complexity index is 563. The van der Waals surface area contributed by atoms with Crippen LogP contribution in [-0.2, 0) is 6.42 Å². The second kappa shape index (κ2) is 4.26. The molecule has 0 fully saturated rings. The van der Waals surface area contributed by atoms with Crippen LogP contribution in [0, 0.1) is 0 Å². The lowest BCUT2D eigenvalue weighted by Gasteiger charge is -2.15. The van der Waals surface area contributed by atoms with Crippen molar-refractivity contribution in [1.29, 1.82) is 0 Å². The van der Waals surface area contributed by atoms with Gasteiger partial charge in [-0.3, -0.25) is 0 Å². The quantitative estimate of drug-likeness (QED) is 0.708. The van der Waals surface area contributed by atoms with Gasteiger partial charge in [0.2, 0.25) is 0 Å². The van der Waals surface area contributed by atoms with E-state index in [4.69, 9.17) is 0 Å². The van der Waals surface area contributed by atoms with E-state index in [1.807, 2.05) is 24.3 Å². The lowest BCUT2D eigenvalue weighted by Crippen LogP contribution is -2.06. The maximum atomic E-state index is 9.45. The number of benzene rings is 2. The van der Waals surface area contributed by atoms with Gasteiger partial charge in [0.05, 0.1) is 6.04 Å². The molecule has 3 N–H and O–H groups in total. The Labute approximate surface area is 106 Å². The molecule has 1 unspecified atom stereocenters. The number of aryl methyl sites for hydroxylation is 1. The third-order valence-electron chi connectivity index (χ3n) is 3.41. The number of anilines is 1. The lowest BCUT2D eigenvalue weighted by molar-refractivity contribution is 0.474. The summed E-state index contributed by atoms with van der Waals surface area (Å²) in [7, 11) is 0. The molecule has 2 aromatic rings. The third-order valence-corrected chi connectivity index (χ3v) is 3.41. The molecule has 0 bridgehead atoms. The van der Waals surface area contributed by atoms with Crippen molar-refractivity contribution in [3.8, 4) is 11.5 Å². The molecular weight excluding hydrogens is 226 g/mol. The van der Waals surface area contributed by atoms with E-state index < -0.39 is 0 Å². The summed E-state index contributed by atoms with van der Waals surface area (Å²) >= 11 is 0. The minimum absolute atomic E-state index is 0.275. The molecule has 0 saturated carbocycles. The van der Waals surface area contributed by atoms with Crippen molar-refractivity contribution < 1.29 is 10.2 Å². The first-order valence-corrected chi connectivity index (χ1v) is 6.10. The van der Waals surface area contributed by atoms with E-state index in [2.05, 4.69) is 5.32 Å². The molecule has 3 rings (SSSR count). The van der Waals surface area contributed by atoms with Crippen LogP contribution in [0.25, 0.3) is 0 Å². The van der Waals surface area contributed by atoms with Crippen LogP contribution in [0.4, 0.5) is 5.69 Å². The summed E-state index contributed by atoms with van der Waals surface area (Å²) in [5.41, 5.74) is 3.46. The fourth-order valence-corrected chi connectivity index (χ4v) is 2.51. The first kappa shape index (κ1) is 11.0. The highest BCUT2D eigenvalue weighted by Gasteiger charge is 2.22. The molecule has 0 aromatic heterocycles. The predicted molar refractivity (Wildman–Crippen MR) is 70.9 cm³/mol. The third kappa shape index (κ3) is 1.99. The molecule has 0 amide bonds. The number of fused-ring (bicyclic) bond motifs is 1. The molecule has 0 spiro atoms. The van der Waals surface area contributed by atoms with Crippen LogP contribution in [0.2, 0.25) is 0 Å². The summed E-state index contributed by atoms with van der Waals surface area (Å²) in [5, 5.41) is 22.2. The zero-order chi connectivity index (χ0) is 12.5. The normalized spacial score (nSPS) is 17.4. The maximum Gasteiger partial charge on any atom is 0.115 e. The highest BCUT2D eigenvalue weighted by molar-refractivity contribution is 5.50. The highest BCUT2D eigenvalue weighted by atomic mass is 16.3. The Hall–Kier alpha value is -2.16. The molecule has 18 heavy (non-hydrogen) atoms. The smallest absolute Gasteiger partial charge is 0.115 e. The lowest BCUT2D eigenvalue weighted by atomic mass is 10.1. The van der Waals surface area contributed by atoms with Gasteiger partial charge in [-0.1, -0.05) is 6.07 Å². The molecule has 0 heterocycles. The van der Waals surface area contributed by atoms with Gasteiger partial charge in [0.1, 0.15) is 11.5 Å². The van der Waals surface area contributed by atoms with Crippen molar-refractivity contribution in [2.45, 2.75) is 18.9 Å². The summed E-state index contributed by atoms with van der Waals surface area (Å²) in [5.74, 6) is 0.608. The van der Waals surface area contributed by atoms with Gasteiger partial charge in [-0.15, -0.1) is 0 Å². The van der Waals surface area contributed by atoms with Gasteiger partial charge >= 0.3 is 0 Å². The number of hydrogen-bond donors (Lipinski definition) is 3. The molecule has 3 heteroatoms. The van der Waals surface area contributed by atoms with Crippen LogP contribution in [0.15, 0.2) is 42.5 Å². The van der Waals surface area contributed by atoms with Crippen molar-refractivity contribution in [3.05, 3.63) is 53.6 Å². The second-order valence-corrected chi connectivity index (χ2v) is 4.67. The van der Waals surface area contributed by atoms with Gasteiger partial charge in [-0.05, 0) is 60.4 Å². The number of rotatable bonds is 2. The topological polar surface area (TPSA) is 52.5 Å². The van der Waals surface area contributed by atoms with Crippen LogP contribution in [-0.4, -0.2) is 10.2 Å². The van der Waals surface area contributed by atoms with E-state index in [9.17, 15) is 10.2 Å². The molecule has 0 radical (unpaired) electrons. The standard InChI is InChI=1S/C15H15NO2/c17-12-4-2-11(3-5-12)16-15-8-1-10-9-13(18)6-7-14(10)15/h2-7,9,15-18H,1,8H2. The zero-order valence-corrected chi connectivity index (χ0v) is 9.93. The number of phenolic OH excluding ortho intramolecular Hbond substituents is 2. The van der Waals surface area contributed by atoms with E-state index in [-0.39, 0.29) is 11.8 Å². The molecule has 1 aliphatic carbocycles. The Morgan fingerprint density at radius 3 is 2.44 bits per heavy atom. The average molecular weight is 241 g/mol. The SMILES string of the molecule is Oc1ccc(NC2CCc3cc(O)ccc32)cc1. The number of hydrogen-bond acceptors (Lipinski definition) is 3. The van der Waals surface area contributed by atoms with Crippen LogP contribution in [0.5, 0.6) is 11.5 Å². The Balaban J connectivity index is 1.82. The van der Waals surface area contributed by atoms with Crippen molar-refractivity contribution >= 4 is 5.69 Å². The van der Waals surface area contributed by atoms with Gasteiger partial charge in [0.15, 0.2) is 0 Å². The fourth-order valence-electron chi connectivity index (χ4n) is 2.51. The van der Waals surface area contributed by atoms with Crippen molar-refractivity contribution in [1.82, 2.24) is 0 Å². The Morgan fingerprint density at radius 1 is 0.944 bits per heavy atom. The monoisotopic (exact) mass is 241 g/mol. The predicted octanol–water partition coefficient (Wildman–Crippen LogP) is 3.20. The maximum absolute atomic E-state index is 9.45. The van der Waals surface area contributed by atoms with E-state index >= 15 is 0 Å². The number of aromatic hydroxyl groups is 2. The Kier molecular flexibility index (Phi) is 2.59. The molecule has 0 aliphatic heterocycles.